The van der Waals surface area contributed by atoms with Crippen LogP contribution in [0.1, 0.15) is 18.1 Å². The highest BCUT2D eigenvalue weighted by molar-refractivity contribution is 6.32. The Labute approximate surface area is 161 Å². The number of nitro benzene ring substituents is 1. The van der Waals surface area contributed by atoms with Gasteiger partial charge in [0.05, 0.1) is 17.1 Å². The van der Waals surface area contributed by atoms with Crippen LogP contribution in [0.4, 0.5) is 11.4 Å². The molecular weight excluding hydrogens is 370 g/mol. The predicted molar refractivity (Wildman–Crippen MR) is 103 cm³/mol. The van der Waals surface area contributed by atoms with E-state index in [0.29, 0.717) is 34.0 Å². The van der Waals surface area contributed by atoms with E-state index >= 15 is 0 Å². The van der Waals surface area contributed by atoms with Crippen molar-refractivity contribution in [2.24, 2.45) is 0 Å². The number of ether oxygens (including phenoxy) is 1. The van der Waals surface area contributed by atoms with Gasteiger partial charge in [-0.05, 0) is 36.3 Å². The normalized spacial score (nSPS) is 10.8. The number of halogens is 1. The number of carbonyl (C=O) groups is 1. The van der Waals surface area contributed by atoms with E-state index in [4.69, 9.17) is 16.3 Å². The van der Waals surface area contributed by atoms with Gasteiger partial charge in [-0.3, -0.25) is 14.9 Å². The molecular formula is C19H16ClN3O4. The van der Waals surface area contributed by atoms with Crippen LogP contribution in [0.5, 0.6) is 5.75 Å². The lowest BCUT2D eigenvalue weighted by molar-refractivity contribution is -0.385. The Hall–Kier alpha value is -3.37. The molecule has 0 aliphatic carbocycles. The van der Waals surface area contributed by atoms with E-state index in [9.17, 15) is 20.2 Å². The molecule has 8 heteroatoms. The highest BCUT2D eigenvalue weighted by atomic mass is 35.5. The van der Waals surface area contributed by atoms with Gasteiger partial charge in [0.25, 0.3) is 11.6 Å². The number of carbonyl (C=O) groups excluding carboxylic acids is 1. The smallest absolute Gasteiger partial charge is 0.273 e. The molecule has 0 radical (unpaired) electrons. The lowest BCUT2D eigenvalue weighted by Gasteiger charge is -2.08. The number of aryl methyl sites for hydroxylation is 1. The molecule has 0 bridgehead atoms. The van der Waals surface area contributed by atoms with Gasteiger partial charge in [0, 0.05) is 17.3 Å². The maximum absolute atomic E-state index is 12.3. The Bertz CT molecular complexity index is 964. The van der Waals surface area contributed by atoms with Crippen LogP contribution in [0.15, 0.2) is 42.0 Å². The van der Waals surface area contributed by atoms with Crippen molar-refractivity contribution in [3.8, 4) is 11.8 Å². The largest absolute Gasteiger partial charge is 0.495 e. The SMILES string of the molecule is CCc1ccc(/C=C(\C#N)C(=O)Nc2ccc(OC)c(Cl)c2)cc1[N+](=O)[O-]. The second-order valence-corrected chi connectivity index (χ2v) is 5.88. The minimum atomic E-state index is -0.652. The first-order valence-electron chi connectivity index (χ1n) is 7.93. The van der Waals surface area contributed by atoms with Crippen LogP contribution in [-0.4, -0.2) is 17.9 Å². The summed E-state index contributed by atoms with van der Waals surface area (Å²) >= 11 is 6.01. The van der Waals surface area contributed by atoms with Gasteiger partial charge in [-0.2, -0.15) is 5.26 Å². The Kier molecular flexibility index (Phi) is 6.52. The zero-order valence-electron chi connectivity index (χ0n) is 14.7. The number of amides is 1. The average molecular weight is 386 g/mol. The van der Waals surface area contributed by atoms with Gasteiger partial charge in [0.2, 0.25) is 0 Å². The molecule has 1 N–H and O–H groups in total. The molecule has 0 fully saturated rings. The molecule has 0 saturated carbocycles. The second-order valence-electron chi connectivity index (χ2n) is 5.47. The third-order valence-corrected chi connectivity index (χ3v) is 4.07. The van der Waals surface area contributed by atoms with E-state index in [2.05, 4.69) is 5.32 Å². The van der Waals surface area contributed by atoms with Crippen LogP contribution in [0.3, 0.4) is 0 Å². The molecule has 0 atom stereocenters. The van der Waals surface area contributed by atoms with Crippen LogP contribution in [0.25, 0.3) is 6.08 Å². The molecule has 2 rings (SSSR count). The average Bonchev–Trinajstić information content (AvgIpc) is 2.65. The number of nitriles is 1. The number of anilines is 1. The molecule has 2 aromatic rings. The number of nitrogens with zero attached hydrogens (tertiary/aromatic N) is 2. The summed E-state index contributed by atoms with van der Waals surface area (Å²) in [5, 5.41) is 23.3. The van der Waals surface area contributed by atoms with E-state index in [1.165, 1.54) is 25.3 Å². The molecule has 0 aromatic heterocycles. The first-order valence-corrected chi connectivity index (χ1v) is 8.31. The summed E-state index contributed by atoms with van der Waals surface area (Å²) in [4.78, 5) is 23.0. The van der Waals surface area contributed by atoms with Gasteiger partial charge in [-0.25, -0.2) is 0 Å². The van der Waals surface area contributed by atoms with E-state index in [1.54, 1.807) is 30.3 Å². The van der Waals surface area contributed by atoms with Gasteiger partial charge in [-0.1, -0.05) is 30.7 Å². The number of nitro groups is 1. The summed E-state index contributed by atoms with van der Waals surface area (Å²) in [6, 6.07) is 11.0. The fourth-order valence-corrected chi connectivity index (χ4v) is 2.66. The van der Waals surface area contributed by atoms with Crippen molar-refractivity contribution < 1.29 is 14.5 Å². The summed E-state index contributed by atoms with van der Waals surface area (Å²) in [6.07, 6.45) is 1.80. The summed E-state index contributed by atoms with van der Waals surface area (Å²) in [5.41, 5.74) is 1.11. The molecule has 7 nitrogen and oxygen atoms in total. The number of hydrogen-bond donors (Lipinski definition) is 1. The molecule has 0 aliphatic heterocycles. The highest BCUT2D eigenvalue weighted by Gasteiger charge is 2.15. The van der Waals surface area contributed by atoms with Gasteiger partial charge >= 0.3 is 0 Å². The fourth-order valence-electron chi connectivity index (χ4n) is 2.40. The van der Waals surface area contributed by atoms with Gasteiger partial charge in [-0.15, -0.1) is 0 Å². The Morgan fingerprint density at radius 3 is 2.67 bits per heavy atom. The maximum Gasteiger partial charge on any atom is 0.273 e. The lowest BCUT2D eigenvalue weighted by atomic mass is 10.0. The molecule has 2 aromatic carbocycles. The Morgan fingerprint density at radius 1 is 1.37 bits per heavy atom. The van der Waals surface area contributed by atoms with Crippen LogP contribution >= 0.6 is 11.6 Å². The first kappa shape index (κ1) is 19.9. The minimum absolute atomic E-state index is 0.0501. The molecule has 0 spiro atoms. The monoisotopic (exact) mass is 385 g/mol. The third-order valence-electron chi connectivity index (χ3n) is 3.77. The van der Waals surface area contributed by atoms with Crippen molar-refractivity contribution in [1.82, 2.24) is 0 Å². The fraction of sp³-hybridized carbons (Fsp3) is 0.158. The summed E-state index contributed by atoms with van der Waals surface area (Å²) < 4.78 is 5.04. The molecule has 138 valence electrons. The molecule has 0 saturated heterocycles. The third kappa shape index (κ3) is 4.84. The van der Waals surface area contributed by atoms with E-state index < -0.39 is 10.8 Å². The second kappa shape index (κ2) is 8.83. The Morgan fingerprint density at radius 2 is 2.11 bits per heavy atom. The van der Waals surface area contributed by atoms with Crippen LogP contribution < -0.4 is 10.1 Å². The van der Waals surface area contributed by atoms with Crippen molar-refractivity contribution in [3.63, 3.8) is 0 Å². The van der Waals surface area contributed by atoms with Crippen molar-refractivity contribution in [2.45, 2.75) is 13.3 Å². The zero-order valence-corrected chi connectivity index (χ0v) is 15.4. The quantitative estimate of drug-likeness (QED) is 0.344. The highest BCUT2D eigenvalue weighted by Crippen LogP contribution is 2.27. The lowest BCUT2D eigenvalue weighted by Crippen LogP contribution is -2.13. The standard InChI is InChI=1S/C19H16ClN3O4/c1-3-13-5-4-12(9-17(13)23(25)26)8-14(11-21)19(24)22-15-6-7-18(27-2)16(20)10-15/h4-10H,3H2,1-2H3,(H,22,24)/b14-8+. The molecule has 0 aliphatic rings. The minimum Gasteiger partial charge on any atom is -0.495 e. The summed E-state index contributed by atoms with van der Waals surface area (Å²) in [7, 11) is 1.47. The molecule has 1 amide bonds. The summed E-state index contributed by atoms with van der Waals surface area (Å²) in [5.74, 6) is -0.199. The zero-order chi connectivity index (χ0) is 20.0. The predicted octanol–water partition coefficient (Wildman–Crippen LogP) is 4.36. The van der Waals surface area contributed by atoms with Crippen LogP contribution in [-0.2, 0) is 11.2 Å². The molecule has 0 heterocycles. The van der Waals surface area contributed by atoms with Crippen molar-refractivity contribution >= 4 is 35.0 Å². The van der Waals surface area contributed by atoms with Crippen molar-refractivity contribution in [3.05, 3.63) is 68.2 Å². The number of hydrogen-bond acceptors (Lipinski definition) is 5. The van der Waals surface area contributed by atoms with Gasteiger partial charge in [0.1, 0.15) is 17.4 Å². The van der Waals surface area contributed by atoms with Crippen molar-refractivity contribution in [2.75, 3.05) is 12.4 Å². The van der Waals surface area contributed by atoms with E-state index in [1.807, 2.05) is 6.92 Å². The number of nitrogens with one attached hydrogen (secondary N) is 1. The van der Waals surface area contributed by atoms with Gasteiger partial charge in [0.15, 0.2) is 0 Å². The van der Waals surface area contributed by atoms with Crippen molar-refractivity contribution in [1.29, 1.82) is 5.26 Å². The Balaban J connectivity index is 2.29. The topological polar surface area (TPSA) is 105 Å². The number of methoxy groups -OCH3 is 1. The van der Waals surface area contributed by atoms with E-state index in [-0.39, 0.29) is 11.3 Å². The molecule has 27 heavy (non-hydrogen) atoms. The number of benzene rings is 2. The van der Waals surface area contributed by atoms with Crippen LogP contribution in [0.2, 0.25) is 5.02 Å². The van der Waals surface area contributed by atoms with Crippen LogP contribution in [0, 0.1) is 21.4 Å². The van der Waals surface area contributed by atoms with E-state index in [0.717, 1.165) is 0 Å². The van der Waals surface area contributed by atoms with Gasteiger partial charge < -0.3 is 10.1 Å². The summed E-state index contributed by atoms with van der Waals surface area (Å²) in [6.45, 7) is 1.81. The first-order chi connectivity index (χ1) is 12.9. The molecule has 0 unspecified atom stereocenters. The number of rotatable bonds is 6. The maximum atomic E-state index is 12.3.